The van der Waals surface area contributed by atoms with E-state index in [1.54, 1.807) is 20.0 Å². The van der Waals surface area contributed by atoms with E-state index in [1.807, 2.05) is 30.3 Å². The lowest BCUT2D eigenvalue weighted by Gasteiger charge is -2.37. The van der Waals surface area contributed by atoms with Crippen molar-refractivity contribution in [2.45, 2.75) is 80.9 Å². The number of likely N-dealkylation sites (N-methyl/N-ethyl adjacent to an activating group) is 1. The Balaban J connectivity index is 1.45. The highest BCUT2D eigenvalue weighted by Gasteiger charge is 2.66. The number of ether oxygens (including phenoxy) is 2. The minimum Gasteiger partial charge on any atom is -0.395 e. The van der Waals surface area contributed by atoms with Crippen molar-refractivity contribution < 1.29 is 53.5 Å². The average Bonchev–Trinajstić information content (AvgIpc) is 3.43. The minimum atomic E-state index is -3.60. The van der Waals surface area contributed by atoms with Crippen LogP contribution in [-0.2, 0) is 36.0 Å². The van der Waals surface area contributed by atoms with E-state index in [4.69, 9.17) is 9.47 Å². The van der Waals surface area contributed by atoms with Crippen molar-refractivity contribution in [3.05, 3.63) is 59.7 Å². The quantitative estimate of drug-likeness (QED) is 0.162. The third kappa shape index (κ3) is 6.34. The highest BCUT2D eigenvalue weighted by molar-refractivity contribution is 6.72. The van der Waals surface area contributed by atoms with Crippen LogP contribution in [-0.4, -0.2) is 114 Å². The molecular weight excluding hydrogens is 633 g/mol. The van der Waals surface area contributed by atoms with Gasteiger partial charge in [0.1, 0.15) is 18.3 Å². The molecule has 6 N–H and O–H groups in total. The van der Waals surface area contributed by atoms with E-state index >= 15 is 4.11 Å². The fraction of sp³-hybridized carbons (Fsp3) is 0.531. The number of nitrogens with zero attached hydrogens (tertiary/aromatic N) is 2. The van der Waals surface area contributed by atoms with Gasteiger partial charge in [0.2, 0.25) is 14.3 Å². The molecule has 3 heterocycles. The third-order valence-electron chi connectivity index (χ3n) is 9.52. The Morgan fingerprint density at radius 2 is 1.74 bits per heavy atom. The maximum absolute atomic E-state index is 16.2. The maximum atomic E-state index is 16.2. The Hall–Kier alpha value is -3.28. The number of anilines is 2. The molecule has 0 bridgehead atoms. The van der Waals surface area contributed by atoms with Gasteiger partial charge in [0, 0.05) is 42.8 Å². The SMILES string of the molecule is C[C@@H]1[C@@H]([Si](C)(C)F)[C@H](CC(=O)N(CCO)Cc2ccccc2)O[C@@]12C(=O)N(C)c1ccc(NC(=O)[C@H]3O[C@@H](O)[C@H](O)[C@@H](O)[C@@H]3O)cc12. The summed E-state index contributed by atoms with van der Waals surface area (Å²) in [7, 11) is -2.04. The molecule has 2 saturated heterocycles. The second kappa shape index (κ2) is 13.3. The highest BCUT2D eigenvalue weighted by Crippen LogP contribution is 2.60. The van der Waals surface area contributed by atoms with Crippen LogP contribution in [0.1, 0.15) is 24.5 Å². The van der Waals surface area contributed by atoms with Crippen molar-refractivity contribution in [2.75, 3.05) is 30.4 Å². The summed E-state index contributed by atoms with van der Waals surface area (Å²) in [6.07, 6.45) is -10.3. The zero-order chi connectivity index (χ0) is 34.4. The van der Waals surface area contributed by atoms with Crippen LogP contribution in [0.25, 0.3) is 0 Å². The van der Waals surface area contributed by atoms with Crippen LogP contribution in [0.5, 0.6) is 0 Å². The first-order valence-electron chi connectivity index (χ1n) is 15.5. The van der Waals surface area contributed by atoms with Crippen LogP contribution >= 0.6 is 0 Å². The van der Waals surface area contributed by atoms with E-state index in [9.17, 15) is 39.9 Å². The molecule has 9 atom stereocenters. The van der Waals surface area contributed by atoms with Gasteiger partial charge >= 0.3 is 0 Å². The molecule has 256 valence electrons. The van der Waals surface area contributed by atoms with Crippen LogP contribution in [0.3, 0.4) is 0 Å². The summed E-state index contributed by atoms with van der Waals surface area (Å²) < 4.78 is 27.8. The highest BCUT2D eigenvalue weighted by atomic mass is 28.4. The fourth-order valence-corrected chi connectivity index (χ4v) is 9.73. The Morgan fingerprint density at radius 3 is 2.38 bits per heavy atom. The van der Waals surface area contributed by atoms with Gasteiger partial charge in [-0.25, -0.2) is 0 Å². The van der Waals surface area contributed by atoms with Gasteiger partial charge in [0.15, 0.2) is 18.0 Å². The van der Waals surface area contributed by atoms with Crippen molar-refractivity contribution in [1.82, 2.24) is 4.90 Å². The lowest BCUT2D eigenvalue weighted by molar-refractivity contribution is -0.274. The Morgan fingerprint density at radius 1 is 1.06 bits per heavy atom. The molecule has 3 aliphatic heterocycles. The molecule has 47 heavy (non-hydrogen) atoms. The molecule has 0 saturated carbocycles. The first kappa shape index (κ1) is 35.0. The molecule has 13 nitrogen and oxygen atoms in total. The normalized spacial score (nSPS) is 32.0. The largest absolute Gasteiger partial charge is 0.395 e. The van der Waals surface area contributed by atoms with E-state index in [2.05, 4.69) is 5.32 Å². The van der Waals surface area contributed by atoms with Crippen molar-refractivity contribution in [3.8, 4) is 0 Å². The molecule has 2 aromatic carbocycles. The van der Waals surface area contributed by atoms with E-state index < -0.39 is 74.1 Å². The molecule has 0 radical (unpaired) electrons. The number of hydrogen-bond donors (Lipinski definition) is 6. The second-order valence-corrected chi connectivity index (χ2v) is 16.8. The van der Waals surface area contributed by atoms with Crippen molar-refractivity contribution >= 4 is 37.5 Å². The lowest BCUT2D eigenvalue weighted by Crippen LogP contribution is -2.60. The molecule has 3 amide bonds. The number of carbonyl (C=O) groups excluding carboxylic acids is 3. The molecular formula is C32H42FN3O10Si. The minimum absolute atomic E-state index is 0.0578. The average molecular weight is 676 g/mol. The number of amides is 3. The number of fused-ring (bicyclic) bond motifs is 2. The van der Waals surface area contributed by atoms with Crippen LogP contribution in [0.2, 0.25) is 18.6 Å². The van der Waals surface area contributed by atoms with E-state index in [0.717, 1.165) is 5.56 Å². The summed E-state index contributed by atoms with van der Waals surface area (Å²) in [5.41, 5.74) is -0.646. The maximum Gasteiger partial charge on any atom is 0.264 e. The van der Waals surface area contributed by atoms with Gasteiger partial charge in [0.25, 0.3) is 11.8 Å². The number of nitrogens with one attached hydrogen (secondary N) is 1. The first-order valence-corrected chi connectivity index (χ1v) is 18.5. The molecule has 5 rings (SSSR count). The summed E-state index contributed by atoms with van der Waals surface area (Å²) in [4.78, 5) is 43.7. The molecule has 2 aromatic rings. The van der Waals surface area contributed by atoms with Gasteiger partial charge in [-0.2, -0.15) is 0 Å². The Kier molecular flexibility index (Phi) is 9.93. The summed E-state index contributed by atoms with van der Waals surface area (Å²) in [6.45, 7) is 4.77. The number of rotatable bonds is 9. The molecule has 0 aromatic heterocycles. The van der Waals surface area contributed by atoms with Gasteiger partial charge in [-0.1, -0.05) is 37.3 Å². The Labute approximate surface area is 272 Å². The van der Waals surface area contributed by atoms with E-state index in [0.29, 0.717) is 11.3 Å². The summed E-state index contributed by atoms with van der Waals surface area (Å²) in [5.74, 6) is -2.47. The predicted molar refractivity (Wildman–Crippen MR) is 169 cm³/mol. The van der Waals surface area contributed by atoms with Crippen molar-refractivity contribution in [2.24, 2.45) is 5.92 Å². The predicted octanol–water partition coefficient (Wildman–Crippen LogP) is 0.588. The zero-order valence-corrected chi connectivity index (χ0v) is 27.6. The van der Waals surface area contributed by atoms with Crippen LogP contribution in [0.4, 0.5) is 15.5 Å². The number of benzene rings is 2. The Bertz CT molecular complexity index is 1500. The number of halogens is 1. The van der Waals surface area contributed by atoms with Gasteiger partial charge in [0.05, 0.1) is 24.8 Å². The van der Waals surface area contributed by atoms with Crippen molar-refractivity contribution in [3.63, 3.8) is 0 Å². The molecule has 0 unspecified atom stereocenters. The standard InChI is InChI=1S/C32H42FN3O10Si/c1-17-28(47(3,4)33)22(15-23(38)36(12-13-37)16-18-8-6-5-7-9-18)46-32(17)20-14-19(10-11-21(20)35(2)31(32)44)34-29(42)27-25(40)24(39)26(41)30(43)45-27/h5-11,14,17,22,24-28,30,37,39-41,43H,12-13,15-16H2,1-4H3,(H,34,42)/t17-,22+,24+,25+,26-,27+,28-,30-,32+/m1/s1. The smallest absolute Gasteiger partial charge is 0.264 e. The van der Waals surface area contributed by atoms with Gasteiger partial charge in [-0.15, -0.1) is 0 Å². The third-order valence-corrected chi connectivity index (χ3v) is 12.0. The molecule has 0 aliphatic carbocycles. The number of aliphatic hydroxyl groups is 5. The monoisotopic (exact) mass is 675 g/mol. The lowest BCUT2D eigenvalue weighted by atomic mass is 9.82. The molecule has 3 aliphatic rings. The van der Waals surface area contributed by atoms with Gasteiger partial charge in [-0.3, -0.25) is 14.4 Å². The second-order valence-electron chi connectivity index (χ2n) is 13.0. The fourth-order valence-electron chi connectivity index (χ4n) is 7.24. The van der Waals surface area contributed by atoms with Crippen LogP contribution in [0.15, 0.2) is 48.5 Å². The van der Waals surface area contributed by atoms with E-state index in [-0.39, 0.29) is 37.7 Å². The van der Waals surface area contributed by atoms with Crippen molar-refractivity contribution in [1.29, 1.82) is 0 Å². The van der Waals surface area contributed by atoms with Crippen LogP contribution in [0, 0.1) is 5.92 Å². The summed E-state index contributed by atoms with van der Waals surface area (Å²) >= 11 is 0. The zero-order valence-electron chi connectivity index (χ0n) is 26.6. The molecule has 1 spiro atoms. The number of aliphatic hydroxyl groups excluding tert-OH is 5. The topological polar surface area (TPSA) is 189 Å². The van der Waals surface area contributed by atoms with E-state index in [1.165, 1.54) is 35.0 Å². The van der Waals surface area contributed by atoms with Gasteiger partial charge in [-0.05, 0) is 36.9 Å². The molecule has 2 fully saturated rings. The summed E-state index contributed by atoms with van der Waals surface area (Å²) in [6, 6.07) is 13.8. The number of carbonyl (C=O) groups is 3. The first-order chi connectivity index (χ1) is 22.1. The summed E-state index contributed by atoms with van der Waals surface area (Å²) in [5, 5.41) is 52.2. The van der Waals surface area contributed by atoms with Crippen LogP contribution < -0.4 is 10.2 Å². The number of hydrogen-bond acceptors (Lipinski definition) is 10. The van der Waals surface area contributed by atoms with Gasteiger partial charge < -0.3 is 54.2 Å². The molecule has 15 heteroatoms.